The number of aliphatic hydroxyl groups excluding tert-OH is 1. The highest BCUT2D eigenvalue weighted by molar-refractivity contribution is 5.97. The molecule has 7 nitrogen and oxygen atoms in total. The van der Waals surface area contributed by atoms with Crippen LogP contribution < -0.4 is 9.64 Å². The Hall–Kier alpha value is -2.41. The van der Waals surface area contributed by atoms with Gasteiger partial charge in [0.1, 0.15) is 11.4 Å². The standard InChI is InChI=1S/C14H16N4O3/c19-9-11-8-17(16-15-11)6-3-7-18-12-4-1-2-5-13(12)21-10-14(18)20/h1-2,4-5,8,19H,3,6-7,9-10H2. The summed E-state index contributed by atoms with van der Waals surface area (Å²) in [5.74, 6) is 0.698. The molecule has 0 fully saturated rings. The topological polar surface area (TPSA) is 80.5 Å². The van der Waals surface area contributed by atoms with Crippen LogP contribution in [0.4, 0.5) is 5.69 Å². The first-order valence-electron chi connectivity index (χ1n) is 6.80. The second-order valence-electron chi connectivity index (χ2n) is 4.79. The highest BCUT2D eigenvalue weighted by Gasteiger charge is 2.24. The summed E-state index contributed by atoms with van der Waals surface area (Å²) in [6.07, 6.45) is 2.45. The first-order valence-corrected chi connectivity index (χ1v) is 6.80. The minimum atomic E-state index is -0.116. The molecule has 1 aromatic carbocycles. The summed E-state index contributed by atoms with van der Waals surface area (Å²) in [4.78, 5) is 13.7. The predicted octanol–water partition coefficient (Wildman–Crippen LogP) is 0.586. The Morgan fingerprint density at radius 2 is 2.14 bits per heavy atom. The maximum absolute atomic E-state index is 12.0. The van der Waals surface area contributed by atoms with Gasteiger partial charge in [0, 0.05) is 13.1 Å². The molecule has 2 heterocycles. The summed E-state index contributed by atoms with van der Waals surface area (Å²) in [6, 6.07) is 7.52. The summed E-state index contributed by atoms with van der Waals surface area (Å²) in [7, 11) is 0. The van der Waals surface area contributed by atoms with Gasteiger partial charge in [-0.3, -0.25) is 9.48 Å². The van der Waals surface area contributed by atoms with Crippen LogP contribution in [-0.2, 0) is 17.9 Å². The number of hydrogen-bond acceptors (Lipinski definition) is 5. The van der Waals surface area contributed by atoms with E-state index in [0.717, 1.165) is 17.9 Å². The molecule has 0 aliphatic carbocycles. The molecule has 0 bridgehead atoms. The molecule has 7 heteroatoms. The Balaban J connectivity index is 1.63. The third-order valence-electron chi connectivity index (χ3n) is 3.33. The Morgan fingerprint density at radius 1 is 1.29 bits per heavy atom. The van der Waals surface area contributed by atoms with Crippen LogP contribution in [0.5, 0.6) is 5.75 Å². The molecule has 1 N–H and O–H groups in total. The monoisotopic (exact) mass is 288 g/mol. The highest BCUT2D eigenvalue weighted by Crippen LogP contribution is 2.31. The molecule has 0 saturated heterocycles. The number of carbonyl (C=O) groups excluding carboxylic acids is 1. The van der Waals surface area contributed by atoms with Gasteiger partial charge in [-0.2, -0.15) is 0 Å². The quantitative estimate of drug-likeness (QED) is 0.870. The molecule has 0 spiro atoms. The van der Waals surface area contributed by atoms with Gasteiger partial charge in [-0.1, -0.05) is 17.3 Å². The van der Waals surface area contributed by atoms with Gasteiger partial charge in [0.05, 0.1) is 18.5 Å². The van der Waals surface area contributed by atoms with Crippen molar-refractivity contribution in [1.82, 2.24) is 15.0 Å². The predicted molar refractivity (Wildman–Crippen MR) is 74.9 cm³/mol. The van der Waals surface area contributed by atoms with E-state index >= 15 is 0 Å². The number of rotatable bonds is 5. The van der Waals surface area contributed by atoms with Crippen molar-refractivity contribution in [3.05, 3.63) is 36.2 Å². The van der Waals surface area contributed by atoms with Crippen molar-refractivity contribution in [3.8, 4) is 5.75 Å². The lowest BCUT2D eigenvalue weighted by Gasteiger charge is -2.29. The van der Waals surface area contributed by atoms with Gasteiger partial charge >= 0.3 is 0 Å². The number of para-hydroxylation sites is 2. The number of fused-ring (bicyclic) bond motifs is 1. The number of aliphatic hydroxyl groups is 1. The average molecular weight is 288 g/mol. The third-order valence-corrected chi connectivity index (χ3v) is 3.33. The molecule has 1 aromatic heterocycles. The number of carbonyl (C=O) groups is 1. The molecule has 0 saturated carbocycles. The lowest BCUT2D eigenvalue weighted by molar-refractivity contribution is -0.121. The Labute approximate surface area is 121 Å². The van der Waals surface area contributed by atoms with Crippen LogP contribution in [0.3, 0.4) is 0 Å². The number of ether oxygens (including phenoxy) is 1. The second-order valence-corrected chi connectivity index (χ2v) is 4.79. The van der Waals surface area contributed by atoms with Crippen LogP contribution in [-0.4, -0.2) is 39.2 Å². The molecule has 2 aromatic rings. The fourth-order valence-corrected chi connectivity index (χ4v) is 2.31. The van der Waals surface area contributed by atoms with E-state index in [1.807, 2.05) is 24.3 Å². The lowest BCUT2D eigenvalue weighted by Crippen LogP contribution is -2.39. The number of aryl methyl sites for hydroxylation is 1. The molecule has 1 amide bonds. The lowest BCUT2D eigenvalue weighted by atomic mass is 10.2. The Morgan fingerprint density at radius 3 is 2.95 bits per heavy atom. The van der Waals surface area contributed by atoms with E-state index in [2.05, 4.69) is 10.3 Å². The number of aromatic nitrogens is 3. The van der Waals surface area contributed by atoms with Crippen LogP contribution in [0, 0.1) is 0 Å². The van der Waals surface area contributed by atoms with Gasteiger partial charge < -0.3 is 14.7 Å². The number of benzene rings is 1. The van der Waals surface area contributed by atoms with E-state index in [0.29, 0.717) is 18.8 Å². The molecule has 0 radical (unpaired) electrons. The molecular formula is C14H16N4O3. The van der Waals surface area contributed by atoms with E-state index in [4.69, 9.17) is 9.84 Å². The fourth-order valence-electron chi connectivity index (χ4n) is 2.31. The molecule has 0 unspecified atom stereocenters. The summed E-state index contributed by atoms with van der Waals surface area (Å²) in [6.45, 7) is 1.19. The van der Waals surface area contributed by atoms with Gasteiger partial charge in [-0.05, 0) is 18.6 Å². The van der Waals surface area contributed by atoms with Crippen molar-refractivity contribution in [2.24, 2.45) is 0 Å². The van der Waals surface area contributed by atoms with Crippen molar-refractivity contribution < 1.29 is 14.6 Å². The van der Waals surface area contributed by atoms with Gasteiger partial charge in [-0.25, -0.2) is 0 Å². The second kappa shape index (κ2) is 5.92. The largest absolute Gasteiger partial charge is 0.482 e. The maximum atomic E-state index is 12.0. The van der Waals surface area contributed by atoms with Crippen LogP contribution in [0.15, 0.2) is 30.5 Å². The SMILES string of the molecule is O=C1COc2ccccc2N1CCCn1cc(CO)nn1. The van der Waals surface area contributed by atoms with Gasteiger partial charge in [0.15, 0.2) is 6.61 Å². The fraction of sp³-hybridized carbons (Fsp3) is 0.357. The van der Waals surface area contributed by atoms with Gasteiger partial charge in [-0.15, -0.1) is 5.10 Å². The van der Waals surface area contributed by atoms with Crippen LogP contribution in [0.25, 0.3) is 0 Å². The minimum Gasteiger partial charge on any atom is -0.482 e. The normalized spacial score (nSPS) is 14.0. The summed E-state index contributed by atoms with van der Waals surface area (Å²) in [5.41, 5.74) is 1.35. The zero-order valence-electron chi connectivity index (χ0n) is 11.5. The van der Waals surface area contributed by atoms with E-state index in [9.17, 15) is 4.79 Å². The van der Waals surface area contributed by atoms with Crippen LogP contribution >= 0.6 is 0 Å². The van der Waals surface area contributed by atoms with Crippen molar-refractivity contribution in [3.63, 3.8) is 0 Å². The number of amides is 1. The zero-order valence-corrected chi connectivity index (χ0v) is 11.5. The molecular weight excluding hydrogens is 272 g/mol. The molecule has 1 aliphatic rings. The minimum absolute atomic E-state index is 0.0386. The van der Waals surface area contributed by atoms with E-state index in [1.54, 1.807) is 15.8 Å². The highest BCUT2D eigenvalue weighted by atomic mass is 16.5. The van der Waals surface area contributed by atoms with E-state index in [-0.39, 0.29) is 19.1 Å². The zero-order chi connectivity index (χ0) is 14.7. The maximum Gasteiger partial charge on any atom is 0.265 e. The molecule has 21 heavy (non-hydrogen) atoms. The molecule has 110 valence electrons. The van der Waals surface area contributed by atoms with Crippen LogP contribution in [0.1, 0.15) is 12.1 Å². The molecule has 3 rings (SSSR count). The van der Waals surface area contributed by atoms with Gasteiger partial charge in [0.2, 0.25) is 0 Å². The first-order chi connectivity index (χ1) is 10.3. The Bertz CT molecular complexity index is 641. The van der Waals surface area contributed by atoms with Crippen molar-refractivity contribution in [2.45, 2.75) is 19.6 Å². The molecule has 1 aliphatic heterocycles. The van der Waals surface area contributed by atoms with E-state index < -0.39 is 0 Å². The van der Waals surface area contributed by atoms with E-state index in [1.165, 1.54) is 0 Å². The average Bonchev–Trinajstić information content (AvgIpc) is 2.97. The number of nitrogens with zero attached hydrogens (tertiary/aromatic N) is 4. The van der Waals surface area contributed by atoms with Crippen molar-refractivity contribution in [2.75, 3.05) is 18.1 Å². The summed E-state index contributed by atoms with van der Waals surface area (Å²) >= 11 is 0. The summed E-state index contributed by atoms with van der Waals surface area (Å²) in [5, 5.41) is 16.7. The van der Waals surface area contributed by atoms with Crippen molar-refractivity contribution >= 4 is 11.6 Å². The third kappa shape index (κ3) is 2.87. The van der Waals surface area contributed by atoms with Crippen molar-refractivity contribution in [1.29, 1.82) is 0 Å². The van der Waals surface area contributed by atoms with Crippen LogP contribution in [0.2, 0.25) is 0 Å². The number of hydrogen-bond donors (Lipinski definition) is 1. The first kappa shape index (κ1) is 13.6. The number of anilines is 1. The van der Waals surface area contributed by atoms with Gasteiger partial charge in [0.25, 0.3) is 5.91 Å². The Kier molecular flexibility index (Phi) is 3.83. The molecule has 0 atom stereocenters. The smallest absolute Gasteiger partial charge is 0.265 e. The summed E-state index contributed by atoms with van der Waals surface area (Å²) < 4.78 is 7.07.